The smallest absolute Gasteiger partial charge is 0.0587 e. The van der Waals surface area contributed by atoms with Crippen LogP contribution in [-0.2, 0) is 11.3 Å². The van der Waals surface area contributed by atoms with E-state index in [0.29, 0.717) is 12.5 Å². The van der Waals surface area contributed by atoms with Crippen molar-refractivity contribution in [2.45, 2.75) is 26.3 Å². The molecule has 1 aliphatic heterocycles. The number of piperidine rings is 1. The van der Waals surface area contributed by atoms with Crippen LogP contribution in [0, 0.1) is 12.8 Å². The van der Waals surface area contributed by atoms with Crippen LogP contribution in [0.4, 0.5) is 5.69 Å². The molecule has 1 aromatic carbocycles. The Bertz CT molecular complexity index is 437. The van der Waals surface area contributed by atoms with Crippen LogP contribution in [0.15, 0.2) is 18.2 Å². The van der Waals surface area contributed by atoms with Crippen LogP contribution in [0.5, 0.6) is 0 Å². The normalized spacial score (nSPS) is 19.0. The van der Waals surface area contributed by atoms with Gasteiger partial charge < -0.3 is 20.1 Å². The number of hydrogen-bond acceptors (Lipinski definition) is 4. The minimum Gasteiger partial charge on any atom is -0.396 e. The molecule has 0 spiro atoms. The lowest BCUT2D eigenvalue weighted by molar-refractivity contribution is 0.199. The molecule has 118 valence electrons. The fourth-order valence-electron chi connectivity index (χ4n) is 2.99. The van der Waals surface area contributed by atoms with Gasteiger partial charge in [-0.05, 0) is 37.3 Å². The summed E-state index contributed by atoms with van der Waals surface area (Å²) in [6.07, 6.45) is 2.30. The van der Waals surface area contributed by atoms with E-state index in [0.717, 1.165) is 45.6 Å². The molecule has 1 unspecified atom stereocenters. The maximum Gasteiger partial charge on any atom is 0.0587 e. The van der Waals surface area contributed by atoms with Gasteiger partial charge >= 0.3 is 0 Å². The quantitative estimate of drug-likeness (QED) is 0.754. The summed E-state index contributed by atoms with van der Waals surface area (Å²) in [5, 5.41) is 12.9. The Kier molecular flexibility index (Phi) is 6.49. The molecule has 0 amide bonds. The number of ether oxygens (including phenoxy) is 1. The van der Waals surface area contributed by atoms with E-state index in [2.05, 4.69) is 35.3 Å². The van der Waals surface area contributed by atoms with Crippen LogP contribution >= 0.6 is 0 Å². The van der Waals surface area contributed by atoms with Gasteiger partial charge in [0.2, 0.25) is 0 Å². The highest BCUT2D eigenvalue weighted by molar-refractivity contribution is 5.55. The molecule has 1 aliphatic rings. The molecule has 1 fully saturated rings. The SMILES string of the molecule is COCCNCc1cc(C)ccc1N1CCCC(CO)C1. The third-order valence-corrected chi connectivity index (χ3v) is 4.15. The van der Waals surface area contributed by atoms with Crippen LogP contribution in [0.25, 0.3) is 0 Å². The predicted molar refractivity (Wildman–Crippen MR) is 86.8 cm³/mol. The van der Waals surface area contributed by atoms with Crippen molar-refractivity contribution in [1.29, 1.82) is 0 Å². The van der Waals surface area contributed by atoms with Crippen LogP contribution in [0.2, 0.25) is 0 Å². The second-order valence-corrected chi connectivity index (χ2v) is 5.94. The number of benzene rings is 1. The number of hydrogen-bond donors (Lipinski definition) is 2. The summed E-state index contributed by atoms with van der Waals surface area (Å²) < 4.78 is 5.08. The molecule has 2 rings (SSSR count). The second-order valence-electron chi connectivity index (χ2n) is 5.94. The lowest BCUT2D eigenvalue weighted by Gasteiger charge is -2.35. The fourth-order valence-corrected chi connectivity index (χ4v) is 2.99. The number of nitrogens with one attached hydrogen (secondary N) is 1. The molecule has 1 atom stereocenters. The Balaban J connectivity index is 2.06. The highest BCUT2D eigenvalue weighted by atomic mass is 16.5. The average Bonchev–Trinajstić information content (AvgIpc) is 2.52. The average molecular weight is 292 g/mol. The second kappa shape index (κ2) is 8.37. The van der Waals surface area contributed by atoms with Gasteiger partial charge in [-0.2, -0.15) is 0 Å². The monoisotopic (exact) mass is 292 g/mol. The van der Waals surface area contributed by atoms with Crippen molar-refractivity contribution < 1.29 is 9.84 Å². The van der Waals surface area contributed by atoms with Crippen LogP contribution in [0.1, 0.15) is 24.0 Å². The van der Waals surface area contributed by atoms with Crippen LogP contribution in [0.3, 0.4) is 0 Å². The summed E-state index contributed by atoms with van der Waals surface area (Å²) in [4.78, 5) is 2.43. The number of aliphatic hydroxyl groups is 1. The molecule has 4 nitrogen and oxygen atoms in total. The predicted octanol–water partition coefficient (Wildman–Crippen LogP) is 1.94. The molecule has 0 bridgehead atoms. The van der Waals surface area contributed by atoms with Crippen molar-refractivity contribution in [2.75, 3.05) is 44.9 Å². The Labute approximate surface area is 128 Å². The zero-order chi connectivity index (χ0) is 15.1. The third-order valence-electron chi connectivity index (χ3n) is 4.15. The molecule has 0 saturated carbocycles. The molecule has 1 heterocycles. The number of aryl methyl sites for hydroxylation is 1. The van der Waals surface area contributed by atoms with Crippen molar-refractivity contribution in [1.82, 2.24) is 5.32 Å². The Hall–Kier alpha value is -1.10. The van der Waals surface area contributed by atoms with E-state index in [1.165, 1.54) is 16.8 Å². The zero-order valence-corrected chi connectivity index (χ0v) is 13.3. The van der Waals surface area contributed by atoms with Gasteiger partial charge in [0.1, 0.15) is 0 Å². The van der Waals surface area contributed by atoms with E-state index in [-0.39, 0.29) is 0 Å². The van der Waals surface area contributed by atoms with Gasteiger partial charge in [0, 0.05) is 45.6 Å². The first-order chi connectivity index (χ1) is 10.2. The number of anilines is 1. The molecule has 1 aromatic rings. The molecule has 0 radical (unpaired) electrons. The van der Waals surface area contributed by atoms with Gasteiger partial charge in [0.15, 0.2) is 0 Å². The molecule has 1 saturated heterocycles. The van der Waals surface area contributed by atoms with Crippen LogP contribution < -0.4 is 10.2 Å². The molecular weight excluding hydrogens is 264 g/mol. The van der Waals surface area contributed by atoms with Crippen molar-refractivity contribution in [3.05, 3.63) is 29.3 Å². The molecule has 0 aromatic heterocycles. The largest absolute Gasteiger partial charge is 0.396 e. The maximum atomic E-state index is 9.42. The molecule has 0 aliphatic carbocycles. The Morgan fingerprint density at radius 3 is 3.05 bits per heavy atom. The topological polar surface area (TPSA) is 44.7 Å². The highest BCUT2D eigenvalue weighted by Crippen LogP contribution is 2.27. The maximum absolute atomic E-state index is 9.42. The van der Waals surface area contributed by atoms with Gasteiger partial charge in [0.05, 0.1) is 6.61 Å². The molecule has 21 heavy (non-hydrogen) atoms. The summed E-state index contributed by atoms with van der Waals surface area (Å²) in [6, 6.07) is 6.66. The van der Waals surface area contributed by atoms with E-state index >= 15 is 0 Å². The number of rotatable bonds is 7. The first kappa shape index (κ1) is 16.3. The van der Waals surface area contributed by atoms with Crippen LogP contribution in [-0.4, -0.2) is 45.1 Å². The molecule has 4 heteroatoms. The highest BCUT2D eigenvalue weighted by Gasteiger charge is 2.21. The summed E-state index contributed by atoms with van der Waals surface area (Å²) in [7, 11) is 1.72. The minimum atomic E-state index is 0.295. The fraction of sp³-hybridized carbons (Fsp3) is 0.647. The van der Waals surface area contributed by atoms with E-state index in [1.807, 2.05) is 0 Å². The van der Waals surface area contributed by atoms with Gasteiger partial charge in [-0.25, -0.2) is 0 Å². The summed E-state index contributed by atoms with van der Waals surface area (Å²) in [6.45, 7) is 6.94. The van der Waals surface area contributed by atoms with E-state index in [4.69, 9.17) is 4.74 Å². The lowest BCUT2D eigenvalue weighted by atomic mass is 9.97. The van der Waals surface area contributed by atoms with Gasteiger partial charge in [-0.15, -0.1) is 0 Å². The minimum absolute atomic E-state index is 0.295. The molecule has 2 N–H and O–H groups in total. The van der Waals surface area contributed by atoms with Crippen molar-refractivity contribution in [2.24, 2.45) is 5.92 Å². The number of nitrogens with zero attached hydrogens (tertiary/aromatic N) is 1. The first-order valence-electron chi connectivity index (χ1n) is 7.89. The summed E-state index contributed by atoms with van der Waals surface area (Å²) >= 11 is 0. The molecular formula is C17H28N2O2. The van der Waals surface area contributed by atoms with Gasteiger partial charge in [-0.3, -0.25) is 0 Å². The summed E-state index contributed by atoms with van der Waals surface area (Å²) in [5.41, 5.74) is 3.94. The van der Waals surface area contributed by atoms with Crippen molar-refractivity contribution in [3.8, 4) is 0 Å². The third kappa shape index (κ3) is 4.70. The van der Waals surface area contributed by atoms with Gasteiger partial charge in [0.25, 0.3) is 0 Å². The van der Waals surface area contributed by atoms with Gasteiger partial charge in [-0.1, -0.05) is 17.7 Å². The Morgan fingerprint density at radius 1 is 1.43 bits per heavy atom. The van der Waals surface area contributed by atoms with E-state index in [9.17, 15) is 5.11 Å². The first-order valence-corrected chi connectivity index (χ1v) is 7.89. The number of aliphatic hydroxyl groups excluding tert-OH is 1. The van der Waals surface area contributed by atoms with E-state index < -0.39 is 0 Å². The Morgan fingerprint density at radius 2 is 2.29 bits per heavy atom. The van der Waals surface area contributed by atoms with Crippen molar-refractivity contribution >= 4 is 5.69 Å². The lowest BCUT2D eigenvalue weighted by Crippen LogP contribution is -2.37. The zero-order valence-electron chi connectivity index (χ0n) is 13.3. The van der Waals surface area contributed by atoms with Crippen molar-refractivity contribution in [3.63, 3.8) is 0 Å². The number of methoxy groups -OCH3 is 1. The standard InChI is InChI=1S/C17H28N2O2/c1-14-5-6-17(16(10-14)11-18-7-9-21-2)19-8-3-4-15(12-19)13-20/h5-6,10,15,18,20H,3-4,7-9,11-13H2,1-2H3. The summed E-state index contributed by atoms with van der Waals surface area (Å²) in [5.74, 6) is 0.411. The van der Waals surface area contributed by atoms with E-state index in [1.54, 1.807) is 7.11 Å².